The van der Waals surface area contributed by atoms with Gasteiger partial charge in [-0.2, -0.15) is 0 Å². The van der Waals surface area contributed by atoms with Crippen LogP contribution in [0.4, 0.5) is 0 Å². The van der Waals surface area contributed by atoms with Crippen LogP contribution in [0.3, 0.4) is 0 Å². The Morgan fingerprint density at radius 3 is 0.814 bits per heavy atom. The van der Waals surface area contributed by atoms with E-state index in [1.807, 2.05) is 0 Å². The third-order valence-corrected chi connectivity index (χ3v) is 14.3. The van der Waals surface area contributed by atoms with Crippen LogP contribution in [-0.4, -0.2) is 33.2 Å². The van der Waals surface area contributed by atoms with Crippen molar-refractivity contribution in [3.63, 3.8) is 0 Å². The predicted molar refractivity (Wildman–Crippen MR) is 288 cm³/mol. The molecule has 7 nitrogen and oxygen atoms in total. The van der Waals surface area contributed by atoms with Gasteiger partial charge in [0, 0.05) is 77.0 Å². The van der Waals surface area contributed by atoms with E-state index in [1.54, 1.807) is 6.33 Å². The standard InChI is InChI=1S/C63H39N7/c1-7-19-54-46(13-1)47-14-2-8-20-55(47)69(54)44-33-35-60-52(37-44)50-17-5-11-23-58(50)67(60)42-29-25-40(26-30-42)62-64-39-65-63(66-62)41-27-31-43(32-28-41)68-59-24-12-6-18-51(59)53-38-45(34-36-61(53)68)70-56-21-9-3-15-48(56)49-16-4-10-22-57(49)70/h1-39H. The zero-order chi connectivity index (χ0) is 45.9. The normalized spacial score (nSPS) is 12.0. The minimum Gasteiger partial charge on any atom is -0.309 e. The molecule has 326 valence electrons. The Morgan fingerprint density at radius 1 is 0.229 bits per heavy atom. The van der Waals surface area contributed by atoms with E-state index in [0.29, 0.717) is 11.6 Å². The quantitative estimate of drug-likeness (QED) is 0.167. The van der Waals surface area contributed by atoms with Gasteiger partial charge in [0.2, 0.25) is 0 Å². The first-order chi connectivity index (χ1) is 34.7. The lowest BCUT2D eigenvalue weighted by atomic mass is 10.1. The van der Waals surface area contributed by atoms with Gasteiger partial charge in [-0.25, -0.2) is 15.0 Å². The fraction of sp³-hybridized carbons (Fsp3) is 0. The van der Waals surface area contributed by atoms with Crippen LogP contribution in [0.15, 0.2) is 237 Å². The molecule has 0 saturated heterocycles. The van der Waals surface area contributed by atoms with Gasteiger partial charge in [-0.3, -0.25) is 0 Å². The first-order valence-electron chi connectivity index (χ1n) is 23.7. The minimum atomic E-state index is 0.625. The summed E-state index contributed by atoms with van der Waals surface area (Å²) in [6, 6.07) is 82.8. The number of aromatic nitrogens is 7. The number of hydrogen-bond donors (Lipinski definition) is 0. The van der Waals surface area contributed by atoms with Crippen molar-refractivity contribution in [1.29, 1.82) is 0 Å². The smallest absolute Gasteiger partial charge is 0.163 e. The molecule has 0 unspecified atom stereocenters. The van der Waals surface area contributed by atoms with Gasteiger partial charge in [-0.05, 0) is 121 Å². The van der Waals surface area contributed by atoms with Crippen LogP contribution in [0.5, 0.6) is 0 Å². The average Bonchev–Trinajstić information content (AvgIpc) is 4.16. The highest BCUT2D eigenvalue weighted by Gasteiger charge is 2.19. The highest BCUT2D eigenvalue weighted by Crippen LogP contribution is 2.39. The molecule has 15 rings (SSSR count). The number of benzene rings is 10. The summed E-state index contributed by atoms with van der Waals surface area (Å²) in [6.07, 6.45) is 1.61. The van der Waals surface area contributed by atoms with Crippen molar-refractivity contribution < 1.29 is 0 Å². The largest absolute Gasteiger partial charge is 0.309 e. The van der Waals surface area contributed by atoms with Crippen molar-refractivity contribution >= 4 is 87.2 Å². The number of nitrogens with zero attached hydrogens (tertiary/aromatic N) is 7. The monoisotopic (exact) mass is 893 g/mol. The van der Waals surface area contributed by atoms with Crippen molar-refractivity contribution in [1.82, 2.24) is 33.2 Å². The molecule has 0 saturated carbocycles. The van der Waals surface area contributed by atoms with E-state index >= 15 is 0 Å². The van der Waals surface area contributed by atoms with Crippen LogP contribution in [0.25, 0.3) is 133 Å². The van der Waals surface area contributed by atoms with Gasteiger partial charge in [0.15, 0.2) is 11.6 Å². The van der Waals surface area contributed by atoms with Crippen molar-refractivity contribution in [3.05, 3.63) is 237 Å². The number of fused-ring (bicyclic) bond motifs is 12. The molecule has 0 aliphatic carbocycles. The second-order valence-corrected chi connectivity index (χ2v) is 18.1. The van der Waals surface area contributed by atoms with Gasteiger partial charge in [0.25, 0.3) is 0 Å². The number of para-hydroxylation sites is 6. The molecule has 5 aromatic heterocycles. The third kappa shape index (κ3) is 5.66. The molecule has 0 radical (unpaired) electrons. The molecule has 0 bridgehead atoms. The van der Waals surface area contributed by atoms with Crippen LogP contribution in [0, 0.1) is 0 Å². The molecule has 0 atom stereocenters. The maximum absolute atomic E-state index is 5.01. The summed E-state index contributed by atoms with van der Waals surface area (Å²) in [4.78, 5) is 14.3. The first-order valence-corrected chi connectivity index (χ1v) is 23.7. The van der Waals surface area contributed by atoms with Crippen molar-refractivity contribution in [2.45, 2.75) is 0 Å². The Bertz CT molecular complexity index is 4190. The molecule has 0 N–H and O–H groups in total. The lowest BCUT2D eigenvalue weighted by molar-refractivity contribution is 1.06. The molecule has 0 aliphatic rings. The number of rotatable bonds is 6. The van der Waals surface area contributed by atoms with Crippen molar-refractivity contribution in [3.8, 4) is 45.5 Å². The predicted octanol–water partition coefficient (Wildman–Crippen LogP) is 15.6. The molecule has 0 fully saturated rings. The van der Waals surface area contributed by atoms with Crippen molar-refractivity contribution in [2.75, 3.05) is 0 Å². The summed E-state index contributed by atoms with van der Waals surface area (Å²) in [7, 11) is 0. The lowest BCUT2D eigenvalue weighted by Gasteiger charge is -2.11. The van der Waals surface area contributed by atoms with Gasteiger partial charge in [0.05, 0.1) is 44.1 Å². The van der Waals surface area contributed by atoms with E-state index in [9.17, 15) is 0 Å². The molecule has 0 aliphatic heterocycles. The van der Waals surface area contributed by atoms with E-state index in [-0.39, 0.29) is 0 Å². The Morgan fingerprint density at radius 2 is 0.486 bits per heavy atom. The Balaban J connectivity index is 0.760. The highest BCUT2D eigenvalue weighted by molar-refractivity contribution is 6.14. The molecule has 70 heavy (non-hydrogen) atoms. The summed E-state index contributed by atoms with van der Waals surface area (Å²) < 4.78 is 9.48. The zero-order valence-corrected chi connectivity index (χ0v) is 37.6. The van der Waals surface area contributed by atoms with Gasteiger partial charge >= 0.3 is 0 Å². The summed E-state index contributed by atoms with van der Waals surface area (Å²) in [5, 5.41) is 9.85. The molecule has 5 heterocycles. The molecule has 7 heteroatoms. The zero-order valence-electron chi connectivity index (χ0n) is 37.6. The topological polar surface area (TPSA) is 58.4 Å². The van der Waals surface area contributed by atoms with Gasteiger partial charge in [-0.15, -0.1) is 0 Å². The summed E-state index contributed by atoms with van der Waals surface area (Å²) in [6.45, 7) is 0. The molecule has 15 aromatic rings. The second-order valence-electron chi connectivity index (χ2n) is 18.1. The lowest BCUT2D eigenvalue weighted by Crippen LogP contribution is -1.98. The SMILES string of the molecule is c1ccc2c(c1)c1ccccc1n2-c1ccc2c(c1)c1ccccc1n2-c1ccc(-c2ncnc(-c3ccc(-n4c5ccccc5c5cc(-n6c7ccccc7c7ccccc76)ccc54)cc3)n2)cc1. The number of hydrogen-bond acceptors (Lipinski definition) is 3. The Labute approximate surface area is 401 Å². The van der Waals surface area contributed by atoms with Gasteiger partial charge < -0.3 is 18.3 Å². The molecular formula is C63H39N7. The molecule has 0 spiro atoms. The van der Waals surface area contributed by atoms with E-state index in [0.717, 1.165) is 55.9 Å². The second kappa shape index (κ2) is 15.0. The summed E-state index contributed by atoms with van der Waals surface area (Å²) in [5.41, 5.74) is 15.7. The van der Waals surface area contributed by atoms with Crippen LogP contribution in [0.2, 0.25) is 0 Å². The van der Waals surface area contributed by atoms with E-state index in [4.69, 9.17) is 4.98 Å². The Kier molecular flexibility index (Phi) is 8.23. The van der Waals surface area contributed by atoms with Crippen LogP contribution in [-0.2, 0) is 0 Å². The van der Waals surface area contributed by atoms with Crippen LogP contribution in [0.1, 0.15) is 0 Å². The highest BCUT2D eigenvalue weighted by atomic mass is 15.0. The fourth-order valence-electron chi connectivity index (χ4n) is 11.3. The van der Waals surface area contributed by atoms with Gasteiger partial charge in [-0.1, -0.05) is 109 Å². The third-order valence-electron chi connectivity index (χ3n) is 14.3. The fourth-order valence-corrected chi connectivity index (χ4v) is 11.3. The average molecular weight is 894 g/mol. The maximum Gasteiger partial charge on any atom is 0.163 e. The van der Waals surface area contributed by atoms with E-state index in [2.05, 4.69) is 259 Å². The summed E-state index contributed by atoms with van der Waals surface area (Å²) >= 11 is 0. The van der Waals surface area contributed by atoms with E-state index in [1.165, 1.54) is 65.2 Å². The first kappa shape index (κ1) is 38.5. The Hall–Kier alpha value is -9.59. The van der Waals surface area contributed by atoms with Crippen molar-refractivity contribution in [2.24, 2.45) is 0 Å². The van der Waals surface area contributed by atoms with E-state index < -0.39 is 0 Å². The van der Waals surface area contributed by atoms with Crippen LogP contribution < -0.4 is 0 Å². The summed E-state index contributed by atoms with van der Waals surface area (Å²) in [5.74, 6) is 1.25. The maximum atomic E-state index is 5.01. The molecular weight excluding hydrogens is 855 g/mol. The van der Waals surface area contributed by atoms with Gasteiger partial charge in [0.1, 0.15) is 6.33 Å². The molecule has 0 amide bonds. The minimum absolute atomic E-state index is 0.625. The molecule has 10 aromatic carbocycles. The van der Waals surface area contributed by atoms with Crippen LogP contribution >= 0.6 is 0 Å².